The lowest BCUT2D eigenvalue weighted by molar-refractivity contribution is -0.148. The zero-order chi connectivity index (χ0) is 21.4. The van der Waals surface area contributed by atoms with Crippen LogP contribution in [0.5, 0.6) is 5.75 Å². The Balaban J connectivity index is 1.62. The summed E-state index contributed by atoms with van der Waals surface area (Å²) in [6, 6.07) is 17.3. The molecule has 6 heteroatoms. The molecule has 0 spiro atoms. The summed E-state index contributed by atoms with van der Waals surface area (Å²) in [5.74, 6) is 0.867. The molecule has 6 nitrogen and oxygen atoms in total. The minimum absolute atomic E-state index is 0.424. The number of hydrogen-bond donors (Lipinski definition) is 1. The van der Waals surface area contributed by atoms with Gasteiger partial charge >= 0.3 is 5.97 Å². The second-order valence-electron chi connectivity index (χ2n) is 7.46. The highest BCUT2D eigenvalue weighted by Crippen LogP contribution is 2.29. The van der Waals surface area contributed by atoms with Gasteiger partial charge in [0.15, 0.2) is 0 Å². The summed E-state index contributed by atoms with van der Waals surface area (Å²) in [6.45, 7) is 3.26. The number of carboxylic acid groups (broad SMARTS) is 1. The predicted molar refractivity (Wildman–Crippen MR) is 118 cm³/mol. The van der Waals surface area contributed by atoms with E-state index in [1.807, 2.05) is 90.4 Å². The largest absolute Gasteiger partial charge is 0.492 e. The summed E-state index contributed by atoms with van der Waals surface area (Å²) in [6.07, 6.45) is 7.21. The van der Waals surface area contributed by atoms with Crippen molar-refractivity contribution in [2.24, 2.45) is 0 Å². The predicted octanol–water partition coefficient (Wildman–Crippen LogP) is 4.22. The maximum Gasteiger partial charge on any atom is 0.330 e. The van der Waals surface area contributed by atoms with Crippen LogP contribution in [0.4, 0.5) is 5.82 Å². The standard InChI is InChI=1S/C24H29N3O3/c1-3-13-24(23(28)29,27-15-6-7-16-27)19-20-9-11-21(12-10-20)30-18-17-26(2)22-8-4-5-14-25-22/h4-12,14-16H,3,13,17-19H2,1-2H3,(H,28,29). The smallest absolute Gasteiger partial charge is 0.330 e. The fourth-order valence-electron chi connectivity index (χ4n) is 3.67. The van der Waals surface area contributed by atoms with Crippen molar-refractivity contribution in [2.75, 3.05) is 25.1 Å². The molecular formula is C24H29N3O3. The van der Waals surface area contributed by atoms with E-state index in [0.29, 0.717) is 26.0 Å². The molecule has 0 saturated heterocycles. The van der Waals surface area contributed by atoms with Crippen LogP contribution < -0.4 is 9.64 Å². The molecule has 0 aliphatic rings. The van der Waals surface area contributed by atoms with E-state index in [0.717, 1.165) is 23.6 Å². The number of aliphatic carboxylic acids is 1. The van der Waals surface area contributed by atoms with Crippen LogP contribution in [0.25, 0.3) is 0 Å². The van der Waals surface area contributed by atoms with Crippen LogP contribution in [-0.4, -0.2) is 40.8 Å². The van der Waals surface area contributed by atoms with Gasteiger partial charge in [-0.15, -0.1) is 0 Å². The first-order valence-corrected chi connectivity index (χ1v) is 10.3. The van der Waals surface area contributed by atoms with E-state index in [9.17, 15) is 9.90 Å². The van der Waals surface area contributed by atoms with E-state index >= 15 is 0 Å². The number of benzene rings is 1. The van der Waals surface area contributed by atoms with Gasteiger partial charge in [0.25, 0.3) is 0 Å². The Hall–Kier alpha value is -3.28. The third kappa shape index (κ3) is 5.00. The zero-order valence-electron chi connectivity index (χ0n) is 17.6. The van der Waals surface area contributed by atoms with Crippen molar-refractivity contribution in [3.8, 4) is 5.75 Å². The zero-order valence-corrected chi connectivity index (χ0v) is 17.6. The van der Waals surface area contributed by atoms with Crippen molar-refractivity contribution < 1.29 is 14.6 Å². The Labute approximate surface area is 177 Å². The van der Waals surface area contributed by atoms with Gasteiger partial charge < -0.3 is 19.3 Å². The number of pyridine rings is 1. The van der Waals surface area contributed by atoms with Crippen LogP contribution in [0.2, 0.25) is 0 Å². The summed E-state index contributed by atoms with van der Waals surface area (Å²) >= 11 is 0. The molecule has 0 amide bonds. The summed E-state index contributed by atoms with van der Waals surface area (Å²) in [7, 11) is 1.98. The average Bonchev–Trinajstić information content (AvgIpc) is 3.30. The lowest BCUT2D eigenvalue weighted by Gasteiger charge is -2.31. The van der Waals surface area contributed by atoms with E-state index in [1.54, 1.807) is 6.20 Å². The number of anilines is 1. The Morgan fingerprint density at radius 2 is 1.87 bits per heavy atom. The van der Waals surface area contributed by atoms with E-state index in [-0.39, 0.29) is 0 Å². The van der Waals surface area contributed by atoms with Gasteiger partial charge in [-0.25, -0.2) is 9.78 Å². The number of likely N-dealkylation sites (N-methyl/N-ethyl adjacent to an activating group) is 1. The fraction of sp³-hybridized carbons (Fsp3) is 0.333. The van der Waals surface area contributed by atoms with Crippen molar-refractivity contribution in [2.45, 2.75) is 31.7 Å². The molecule has 1 unspecified atom stereocenters. The number of rotatable bonds is 11. The van der Waals surface area contributed by atoms with Gasteiger partial charge in [0.1, 0.15) is 23.7 Å². The topological polar surface area (TPSA) is 67.6 Å². The molecule has 158 valence electrons. The minimum atomic E-state index is -0.980. The summed E-state index contributed by atoms with van der Waals surface area (Å²) in [5, 5.41) is 10.0. The van der Waals surface area contributed by atoms with Crippen molar-refractivity contribution in [1.29, 1.82) is 0 Å². The molecule has 2 aromatic heterocycles. The lowest BCUT2D eigenvalue weighted by Crippen LogP contribution is -2.43. The molecule has 30 heavy (non-hydrogen) atoms. The van der Waals surface area contributed by atoms with E-state index < -0.39 is 11.5 Å². The van der Waals surface area contributed by atoms with Crippen molar-refractivity contribution in [3.05, 3.63) is 78.8 Å². The van der Waals surface area contributed by atoms with Crippen LogP contribution in [0.1, 0.15) is 25.3 Å². The van der Waals surface area contributed by atoms with Crippen LogP contribution in [-0.2, 0) is 16.8 Å². The molecular weight excluding hydrogens is 378 g/mol. The first-order chi connectivity index (χ1) is 14.5. The van der Waals surface area contributed by atoms with E-state index in [1.165, 1.54) is 0 Å². The highest BCUT2D eigenvalue weighted by atomic mass is 16.5. The summed E-state index contributed by atoms with van der Waals surface area (Å²) in [4.78, 5) is 18.6. The molecule has 1 N–H and O–H groups in total. The Morgan fingerprint density at radius 3 is 2.47 bits per heavy atom. The summed E-state index contributed by atoms with van der Waals surface area (Å²) in [5.41, 5.74) is -0.0102. The van der Waals surface area contributed by atoms with Gasteiger partial charge in [-0.1, -0.05) is 31.5 Å². The molecule has 0 radical (unpaired) electrons. The van der Waals surface area contributed by atoms with E-state index in [2.05, 4.69) is 4.98 Å². The normalized spacial score (nSPS) is 12.9. The molecule has 0 aliphatic carbocycles. The van der Waals surface area contributed by atoms with Crippen LogP contribution >= 0.6 is 0 Å². The van der Waals surface area contributed by atoms with Crippen molar-refractivity contribution in [3.63, 3.8) is 0 Å². The molecule has 3 rings (SSSR count). The average molecular weight is 408 g/mol. The molecule has 1 aromatic carbocycles. The van der Waals surface area contributed by atoms with Crippen LogP contribution in [0.3, 0.4) is 0 Å². The first-order valence-electron chi connectivity index (χ1n) is 10.3. The Bertz CT molecular complexity index is 911. The Kier molecular flexibility index (Phi) is 7.12. The number of aromatic nitrogens is 2. The number of hydrogen-bond acceptors (Lipinski definition) is 4. The van der Waals surface area contributed by atoms with Gasteiger partial charge in [-0.3, -0.25) is 0 Å². The minimum Gasteiger partial charge on any atom is -0.492 e. The second kappa shape index (κ2) is 9.96. The number of carboxylic acids is 1. The summed E-state index contributed by atoms with van der Waals surface area (Å²) < 4.78 is 7.68. The molecule has 1 atom stereocenters. The molecule has 0 bridgehead atoms. The first kappa shape index (κ1) is 21.4. The molecule has 0 aliphatic heterocycles. The Morgan fingerprint density at radius 1 is 1.13 bits per heavy atom. The van der Waals surface area contributed by atoms with Gasteiger partial charge in [0.05, 0.1) is 6.54 Å². The number of carbonyl (C=O) groups is 1. The fourth-order valence-corrected chi connectivity index (χ4v) is 3.67. The molecule has 0 fully saturated rings. The highest BCUT2D eigenvalue weighted by Gasteiger charge is 2.39. The van der Waals surface area contributed by atoms with E-state index in [4.69, 9.17) is 4.74 Å². The molecule has 2 heterocycles. The second-order valence-corrected chi connectivity index (χ2v) is 7.46. The van der Waals surface area contributed by atoms with Crippen molar-refractivity contribution in [1.82, 2.24) is 9.55 Å². The van der Waals surface area contributed by atoms with Gasteiger partial charge in [-0.05, 0) is 48.4 Å². The molecule has 0 saturated carbocycles. The quantitative estimate of drug-likeness (QED) is 0.515. The lowest BCUT2D eigenvalue weighted by atomic mass is 9.86. The van der Waals surface area contributed by atoms with Crippen LogP contribution in [0.15, 0.2) is 73.2 Å². The van der Waals surface area contributed by atoms with Gasteiger partial charge in [0, 0.05) is 32.1 Å². The van der Waals surface area contributed by atoms with Crippen molar-refractivity contribution >= 4 is 11.8 Å². The van der Waals surface area contributed by atoms with Crippen LogP contribution in [0, 0.1) is 0 Å². The molecule has 3 aromatic rings. The number of nitrogens with zero attached hydrogens (tertiary/aromatic N) is 3. The number of ether oxygens (including phenoxy) is 1. The maximum atomic E-state index is 12.2. The highest BCUT2D eigenvalue weighted by molar-refractivity contribution is 5.77. The van der Waals surface area contributed by atoms with Gasteiger partial charge in [0.2, 0.25) is 0 Å². The monoisotopic (exact) mass is 407 g/mol. The van der Waals surface area contributed by atoms with Gasteiger partial charge in [-0.2, -0.15) is 0 Å². The third-order valence-electron chi connectivity index (χ3n) is 5.32. The SMILES string of the molecule is CCCC(Cc1ccc(OCCN(C)c2ccccn2)cc1)(C(=O)O)n1cccc1. The maximum absolute atomic E-state index is 12.2. The third-order valence-corrected chi connectivity index (χ3v) is 5.32.